The summed E-state index contributed by atoms with van der Waals surface area (Å²) in [4.78, 5) is 13.6. The van der Waals surface area contributed by atoms with Crippen molar-refractivity contribution in [1.82, 2.24) is 4.98 Å². The van der Waals surface area contributed by atoms with Crippen molar-refractivity contribution in [2.75, 3.05) is 0 Å². The molecule has 1 aromatic heterocycles. The Morgan fingerprint density at radius 3 is 2.70 bits per heavy atom. The SMILES string of the molecule is Cc1nc(OC=O)c(C)o1. The van der Waals surface area contributed by atoms with Gasteiger partial charge in [0.15, 0.2) is 11.7 Å². The van der Waals surface area contributed by atoms with Gasteiger partial charge in [0, 0.05) is 6.92 Å². The molecule has 0 aliphatic rings. The first-order valence-corrected chi connectivity index (χ1v) is 2.78. The largest absolute Gasteiger partial charge is 0.442 e. The van der Waals surface area contributed by atoms with Crippen molar-refractivity contribution in [3.63, 3.8) is 0 Å². The molecule has 0 fully saturated rings. The van der Waals surface area contributed by atoms with Crippen LogP contribution < -0.4 is 4.74 Å². The van der Waals surface area contributed by atoms with Crippen LogP contribution in [0.4, 0.5) is 0 Å². The van der Waals surface area contributed by atoms with Gasteiger partial charge in [-0.25, -0.2) is 0 Å². The van der Waals surface area contributed by atoms with Crippen LogP contribution in [0, 0.1) is 13.8 Å². The van der Waals surface area contributed by atoms with E-state index in [2.05, 4.69) is 9.72 Å². The Kier molecular flexibility index (Phi) is 1.71. The lowest BCUT2D eigenvalue weighted by molar-refractivity contribution is -0.121. The Bertz CT molecular complexity index is 241. The second-order valence-corrected chi connectivity index (χ2v) is 1.81. The minimum absolute atomic E-state index is 0.243. The van der Waals surface area contributed by atoms with Crippen LogP contribution in [-0.2, 0) is 4.79 Å². The van der Waals surface area contributed by atoms with Gasteiger partial charge in [-0.2, -0.15) is 4.98 Å². The number of nitrogens with zero attached hydrogens (tertiary/aromatic N) is 1. The van der Waals surface area contributed by atoms with Gasteiger partial charge in [-0.05, 0) is 6.92 Å². The van der Waals surface area contributed by atoms with E-state index < -0.39 is 0 Å². The van der Waals surface area contributed by atoms with E-state index in [1.165, 1.54) is 0 Å². The van der Waals surface area contributed by atoms with E-state index in [1.807, 2.05) is 0 Å². The van der Waals surface area contributed by atoms with Crippen LogP contribution in [0.15, 0.2) is 4.42 Å². The molecule has 4 nitrogen and oxygen atoms in total. The average molecular weight is 141 g/mol. The first kappa shape index (κ1) is 6.80. The molecule has 54 valence electrons. The smallest absolute Gasteiger partial charge is 0.299 e. The van der Waals surface area contributed by atoms with Crippen LogP contribution >= 0.6 is 0 Å². The molecule has 0 bridgehead atoms. The second-order valence-electron chi connectivity index (χ2n) is 1.81. The number of oxazole rings is 1. The van der Waals surface area contributed by atoms with Gasteiger partial charge < -0.3 is 9.15 Å². The molecule has 10 heavy (non-hydrogen) atoms. The van der Waals surface area contributed by atoms with Gasteiger partial charge in [-0.1, -0.05) is 0 Å². The molecule has 0 aromatic carbocycles. The van der Waals surface area contributed by atoms with E-state index in [0.29, 0.717) is 18.1 Å². The van der Waals surface area contributed by atoms with Gasteiger partial charge in [0.05, 0.1) is 0 Å². The number of carbonyl (C=O) groups excluding carboxylic acids is 1. The van der Waals surface area contributed by atoms with Gasteiger partial charge in [0.25, 0.3) is 12.4 Å². The van der Waals surface area contributed by atoms with Gasteiger partial charge in [-0.3, -0.25) is 4.79 Å². The normalized spacial score (nSPS) is 9.40. The van der Waals surface area contributed by atoms with E-state index in [1.54, 1.807) is 13.8 Å². The summed E-state index contributed by atoms with van der Waals surface area (Å²) in [5.74, 6) is 1.26. The fourth-order valence-corrected chi connectivity index (χ4v) is 0.665. The monoisotopic (exact) mass is 141 g/mol. The lowest BCUT2D eigenvalue weighted by Gasteiger charge is -1.87. The molecule has 0 saturated carbocycles. The molecule has 1 heterocycles. The summed E-state index contributed by atoms with van der Waals surface area (Å²) in [5, 5.41) is 0. The zero-order valence-electron chi connectivity index (χ0n) is 5.75. The second kappa shape index (κ2) is 2.51. The predicted octanol–water partition coefficient (Wildman–Crippen LogP) is 0.827. The Hall–Kier alpha value is -1.32. The van der Waals surface area contributed by atoms with Crippen LogP contribution in [-0.4, -0.2) is 11.5 Å². The van der Waals surface area contributed by atoms with E-state index in [4.69, 9.17) is 4.42 Å². The number of aryl methyl sites for hydroxylation is 2. The fourth-order valence-electron chi connectivity index (χ4n) is 0.665. The quantitative estimate of drug-likeness (QED) is 0.572. The fraction of sp³-hybridized carbons (Fsp3) is 0.333. The number of carbonyl (C=O) groups is 1. The van der Waals surface area contributed by atoms with Crippen LogP contribution in [0.5, 0.6) is 5.88 Å². The highest BCUT2D eigenvalue weighted by Gasteiger charge is 2.05. The summed E-state index contributed by atoms with van der Waals surface area (Å²) < 4.78 is 9.44. The molecule has 0 aliphatic carbocycles. The molecule has 1 rings (SSSR count). The highest BCUT2D eigenvalue weighted by molar-refractivity contribution is 5.43. The van der Waals surface area contributed by atoms with Crippen molar-refractivity contribution in [3.8, 4) is 5.88 Å². The molecule has 0 atom stereocenters. The maximum atomic E-state index is 9.83. The van der Waals surface area contributed by atoms with Crippen molar-refractivity contribution in [2.24, 2.45) is 0 Å². The highest BCUT2D eigenvalue weighted by atomic mass is 16.5. The summed E-state index contributed by atoms with van der Waals surface area (Å²) in [6.07, 6.45) is 0. The molecule has 0 spiro atoms. The summed E-state index contributed by atoms with van der Waals surface area (Å²) in [5.41, 5.74) is 0. The standard InChI is InChI=1S/C6H7NO3/c1-4-6(9-3-8)7-5(2)10-4/h3H,1-2H3. The lowest BCUT2D eigenvalue weighted by atomic mass is 10.6. The third-order valence-electron chi connectivity index (χ3n) is 1.02. The maximum Gasteiger partial charge on any atom is 0.299 e. The van der Waals surface area contributed by atoms with Crippen molar-refractivity contribution < 1.29 is 13.9 Å². The summed E-state index contributed by atoms with van der Waals surface area (Å²) >= 11 is 0. The number of hydrogen-bond acceptors (Lipinski definition) is 4. The molecule has 0 unspecified atom stereocenters. The maximum absolute atomic E-state index is 9.83. The van der Waals surface area contributed by atoms with Crippen LogP contribution in [0.2, 0.25) is 0 Å². The van der Waals surface area contributed by atoms with Gasteiger partial charge in [0.1, 0.15) is 0 Å². The third-order valence-corrected chi connectivity index (χ3v) is 1.02. The molecule has 0 aliphatic heterocycles. The lowest BCUT2D eigenvalue weighted by Crippen LogP contribution is -1.89. The molecule has 0 N–H and O–H groups in total. The molecule has 1 aromatic rings. The van der Waals surface area contributed by atoms with Crippen molar-refractivity contribution >= 4 is 6.47 Å². The first-order valence-electron chi connectivity index (χ1n) is 2.78. The molecular formula is C6H7NO3. The van der Waals surface area contributed by atoms with E-state index in [0.717, 1.165) is 0 Å². The van der Waals surface area contributed by atoms with Gasteiger partial charge >= 0.3 is 0 Å². The van der Waals surface area contributed by atoms with Crippen molar-refractivity contribution in [2.45, 2.75) is 13.8 Å². The van der Waals surface area contributed by atoms with E-state index >= 15 is 0 Å². The van der Waals surface area contributed by atoms with E-state index in [9.17, 15) is 4.79 Å². The molecule has 0 radical (unpaired) electrons. The van der Waals surface area contributed by atoms with E-state index in [-0.39, 0.29) is 5.88 Å². The van der Waals surface area contributed by atoms with Crippen LogP contribution in [0.1, 0.15) is 11.7 Å². The molecule has 4 heteroatoms. The Morgan fingerprint density at radius 1 is 1.60 bits per heavy atom. The van der Waals surface area contributed by atoms with Gasteiger partial charge in [-0.15, -0.1) is 0 Å². The number of hydrogen-bond donors (Lipinski definition) is 0. The summed E-state index contributed by atoms with van der Waals surface area (Å²) in [7, 11) is 0. The predicted molar refractivity (Wildman–Crippen MR) is 32.7 cm³/mol. The highest BCUT2D eigenvalue weighted by Crippen LogP contribution is 2.15. The van der Waals surface area contributed by atoms with Crippen molar-refractivity contribution in [1.29, 1.82) is 0 Å². The average Bonchev–Trinajstić information content (AvgIpc) is 2.13. The molecule has 0 amide bonds. The number of ether oxygens (including phenoxy) is 1. The third kappa shape index (κ3) is 1.15. The molecule has 0 saturated heterocycles. The Morgan fingerprint density at radius 2 is 2.30 bits per heavy atom. The minimum Gasteiger partial charge on any atom is -0.442 e. The first-order chi connectivity index (χ1) is 4.74. The Balaban J connectivity index is 2.91. The zero-order valence-corrected chi connectivity index (χ0v) is 5.75. The molecular weight excluding hydrogens is 134 g/mol. The number of aromatic nitrogens is 1. The van der Waals surface area contributed by atoms with Crippen molar-refractivity contribution in [3.05, 3.63) is 11.7 Å². The van der Waals surface area contributed by atoms with Crippen LogP contribution in [0.25, 0.3) is 0 Å². The van der Waals surface area contributed by atoms with Gasteiger partial charge in [0.2, 0.25) is 0 Å². The minimum atomic E-state index is 0.243. The topological polar surface area (TPSA) is 52.3 Å². The summed E-state index contributed by atoms with van der Waals surface area (Å²) in [6, 6.07) is 0. The Labute approximate surface area is 57.8 Å². The van der Waals surface area contributed by atoms with Crippen LogP contribution in [0.3, 0.4) is 0 Å². The summed E-state index contributed by atoms with van der Waals surface area (Å²) in [6.45, 7) is 3.69. The number of rotatable bonds is 2. The zero-order chi connectivity index (χ0) is 7.56.